The van der Waals surface area contributed by atoms with E-state index in [1.807, 2.05) is 75.4 Å². The average Bonchev–Trinajstić information content (AvgIpc) is 2.70. The van der Waals surface area contributed by atoms with Gasteiger partial charge in [0.25, 0.3) is 5.56 Å². The molecule has 1 N–H and O–H groups in total. The maximum Gasteiger partial charge on any atom is 0.258 e. The van der Waals surface area contributed by atoms with Crippen LogP contribution < -0.4 is 5.56 Å². The standard InChI is InChI=1S/C20H15N3O.C2H6/c1-13-5-4-8-19(23-13)16-7-3-2-6-15(16)14-9-10-18-17(11-14)20(24)22-12-21-18;1-2/h2-12H,1H3,(H,21,22,24);1-2H3. The molecule has 0 unspecified atom stereocenters. The summed E-state index contributed by atoms with van der Waals surface area (Å²) in [4.78, 5) is 23.5. The number of pyridine rings is 1. The zero-order valence-corrected chi connectivity index (χ0v) is 15.2. The first-order valence-corrected chi connectivity index (χ1v) is 8.73. The summed E-state index contributed by atoms with van der Waals surface area (Å²) in [6.45, 7) is 5.98. The summed E-state index contributed by atoms with van der Waals surface area (Å²) in [7, 11) is 0. The Morgan fingerprint density at radius 2 is 1.65 bits per heavy atom. The number of hydrogen-bond acceptors (Lipinski definition) is 3. The summed E-state index contributed by atoms with van der Waals surface area (Å²) >= 11 is 0. The van der Waals surface area contributed by atoms with E-state index in [-0.39, 0.29) is 5.56 Å². The smallest absolute Gasteiger partial charge is 0.258 e. The molecule has 4 nitrogen and oxygen atoms in total. The van der Waals surface area contributed by atoms with Crippen LogP contribution in [0.2, 0.25) is 0 Å². The molecule has 0 aliphatic heterocycles. The first kappa shape index (κ1) is 17.5. The molecule has 4 aromatic rings. The molecule has 2 heterocycles. The average molecular weight is 343 g/mol. The van der Waals surface area contributed by atoms with Gasteiger partial charge in [-0.05, 0) is 42.3 Å². The van der Waals surface area contributed by atoms with Crippen molar-refractivity contribution in [1.29, 1.82) is 0 Å². The number of H-pyrrole nitrogens is 1. The molecule has 26 heavy (non-hydrogen) atoms. The molecule has 4 rings (SSSR count). The van der Waals surface area contributed by atoms with Crippen molar-refractivity contribution in [1.82, 2.24) is 15.0 Å². The highest BCUT2D eigenvalue weighted by Crippen LogP contribution is 2.31. The van der Waals surface area contributed by atoms with Crippen molar-refractivity contribution in [3.05, 3.63) is 83.0 Å². The number of nitrogens with one attached hydrogen (secondary N) is 1. The minimum atomic E-state index is -0.131. The van der Waals surface area contributed by atoms with E-state index in [4.69, 9.17) is 0 Å². The van der Waals surface area contributed by atoms with E-state index in [1.165, 1.54) is 6.33 Å². The van der Waals surface area contributed by atoms with E-state index in [9.17, 15) is 4.79 Å². The molecule has 0 atom stereocenters. The van der Waals surface area contributed by atoms with Crippen molar-refractivity contribution >= 4 is 10.9 Å². The molecule has 0 aliphatic carbocycles. The zero-order valence-electron chi connectivity index (χ0n) is 15.2. The van der Waals surface area contributed by atoms with Crippen LogP contribution in [0.15, 0.2) is 71.8 Å². The van der Waals surface area contributed by atoms with E-state index in [1.54, 1.807) is 0 Å². The Kier molecular flexibility index (Phi) is 5.23. The lowest BCUT2D eigenvalue weighted by molar-refractivity contribution is 1.17. The molecule has 2 aromatic carbocycles. The predicted octanol–water partition coefficient (Wildman–Crippen LogP) is 4.99. The van der Waals surface area contributed by atoms with E-state index in [0.717, 1.165) is 28.1 Å². The van der Waals surface area contributed by atoms with Gasteiger partial charge in [0.2, 0.25) is 0 Å². The van der Waals surface area contributed by atoms with Crippen molar-refractivity contribution in [2.45, 2.75) is 20.8 Å². The molecule has 130 valence electrons. The van der Waals surface area contributed by atoms with Crippen LogP contribution in [0.5, 0.6) is 0 Å². The number of rotatable bonds is 2. The van der Waals surface area contributed by atoms with E-state index >= 15 is 0 Å². The fourth-order valence-electron chi connectivity index (χ4n) is 2.89. The third kappa shape index (κ3) is 3.40. The van der Waals surface area contributed by atoms with E-state index in [0.29, 0.717) is 10.9 Å². The van der Waals surface area contributed by atoms with Gasteiger partial charge in [-0.25, -0.2) is 4.98 Å². The Bertz CT molecular complexity index is 1100. The highest BCUT2D eigenvalue weighted by atomic mass is 16.1. The maximum absolute atomic E-state index is 12.1. The fraction of sp³-hybridized carbons (Fsp3) is 0.136. The molecule has 0 bridgehead atoms. The number of aromatic amines is 1. The normalized spacial score (nSPS) is 10.3. The molecule has 0 radical (unpaired) electrons. The van der Waals surface area contributed by atoms with Crippen LogP contribution >= 0.6 is 0 Å². The quantitative estimate of drug-likeness (QED) is 0.558. The first-order chi connectivity index (χ1) is 12.7. The van der Waals surface area contributed by atoms with Crippen LogP contribution in [0.25, 0.3) is 33.3 Å². The lowest BCUT2D eigenvalue weighted by atomic mass is 9.96. The number of nitrogens with zero attached hydrogens (tertiary/aromatic N) is 2. The second-order valence-electron chi connectivity index (χ2n) is 5.67. The highest BCUT2D eigenvalue weighted by Gasteiger charge is 2.10. The topological polar surface area (TPSA) is 58.6 Å². The molecule has 0 spiro atoms. The maximum atomic E-state index is 12.1. The monoisotopic (exact) mass is 343 g/mol. The Balaban J connectivity index is 0.000000948. The van der Waals surface area contributed by atoms with Crippen LogP contribution in [-0.2, 0) is 0 Å². The summed E-state index contributed by atoms with van der Waals surface area (Å²) in [6, 6.07) is 19.8. The fourth-order valence-corrected chi connectivity index (χ4v) is 2.89. The van der Waals surface area contributed by atoms with Crippen LogP contribution in [-0.4, -0.2) is 15.0 Å². The van der Waals surface area contributed by atoms with Gasteiger partial charge < -0.3 is 4.98 Å². The Morgan fingerprint density at radius 1 is 0.885 bits per heavy atom. The van der Waals surface area contributed by atoms with Gasteiger partial charge in [0.1, 0.15) is 0 Å². The van der Waals surface area contributed by atoms with Crippen molar-refractivity contribution in [3.63, 3.8) is 0 Å². The summed E-state index contributed by atoms with van der Waals surface area (Å²) in [5.74, 6) is 0. The minimum Gasteiger partial charge on any atom is -0.313 e. The number of fused-ring (bicyclic) bond motifs is 1. The Labute approximate surface area is 152 Å². The summed E-state index contributed by atoms with van der Waals surface area (Å²) < 4.78 is 0. The number of benzene rings is 2. The summed E-state index contributed by atoms with van der Waals surface area (Å²) in [5.41, 5.74) is 5.51. The molecule has 0 saturated heterocycles. The van der Waals surface area contributed by atoms with Crippen molar-refractivity contribution < 1.29 is 0 Å². The van der Waals surface area contributed by atoms with Crippen molar-refractivity contribution in [3.8, 4) is 22.4 Å². The van der Waals surface area contributed by atoms with Gasteiger partial charge in [-0.1, -0.05) is 50.2 Å². The largest absolute Gasteiger partial charge is 0.313 e. The third-order valence-corrected chi connectivity index (χ3v) is 4.04. The Hall–Kier alpha value is -3.27. The van der Waals surface area contributed by atoms with E-state index < -0.39 is 0 Å². The SMILES string of the molecule is CC.Cc1cccc(-c2ccccc2-c2ccc3nc[nH]c(=O)c3c2)n1. The van der Waals surface area contributed by atoms with Gasteiger partial charge >= 0.3 is 0 Å². The van der Waals surface area contributed by atoms with Gasteiger partial charge in [-0.15, -0.1) is 0 Å². The van der Waals surface area contributed by atoms with Gasteiger partial charge in [-0.3, -0.25) is 9.78 Å². The van der Waals surface area contributed by atoms with Crippen molar-refractivity contribution in [2.75, 3.05) is 0 Å². The van der Waals surface area contributed by atoms with Gasteiger partial charge in [0.15, 0.2) is 0 Å². The van der Waals surface area contributed by atoms with Gasteiger partial charge in [-0.2, -0.15) is 0 Å². The van der Waals surface area contributed by atoms with Crippen LogP contribution in [0.3, 0.4) is 0 Å². The van der Waals surface area contributed by atoms with Gasteiger partial charge in [0, 0.05) is 11.3 Å². The molecule has 0 aliphatic rings. The molecular weight excluding hydrogens is 322 g/mol. The Morgan fingerprint density at radius 3 is 2.42 bits per heavy atom. The van der Waals surface area contributed by atoms with Crippen LogP contribution in [0.1, 0.15) is 19.5 Å². The lowest BCUT2D eigenvalue weighted by Gasteiger charge is -2.10. The second kappa shape index (κ2) is 7.74. The molecule has 0 amide bonds. The molecule has 0 fully saturated rings. The molecule has 0 saturated carbocycles. The zero-order chi connectivity index (χ0) is 18.5. The number of hydrogen-bond donors (Lipinski definition) is 1. The highest BCUT2D eigenvalue weighted by molar-refractivity contribution is 5.88. The predicted molar refractivity (Wildman–Crippen MR) is 107 cm³/mol. The number of aryl methyl sites for hydroxylation is 1. The molecular formula is C22H21N3O. The molecule has 2 aromatic heterocycles. The molecule has 4 heteroatoms. The van der Waals surface area contributed by atoms with E-state index in [2.05, 4.69) is 21.0 Å². The number of aromatic nitrogens is 3. The van der Waals surface area contributed by atoms with Gasteiger partial charge in [0.05, 0.1) is 22.9 Å². The second-order valence-corrected chi connectivity index (χ2v) is 5.67. The summed E-state index contributed by atoms with van der Waals surface area (Å²) in [5, 5.41) is 0.585. The minimum absolute atomic E-state index is 0.131. The third-order valence-electron chi connectivity index (χ3n) is 4.04. The van der Waals surface area contributed by atoms with Crippen molar-refractivity contribution in [2.24, 2.45) is 0 Å². The van der Waals surface area contributed by atoms with Crippen LogP contribution in [0, 0.1) is 6.92 Å². The van der Waals surface area contributed by atoms with Crippen LogP contribution in [0.4, 0.5) is 0 Å². The lowest BCUT2D eigenvalue weighted by Crippen LogP contribution is -2.06. The first-order valence-electron chi connectivity index (χ1n) is 8.73. The summed E-state index contributed by atoms with van der Waals surface area (Å²) in [6.07, 6.45) is 1.43.